The lowest BCUT2D eigenvalue weighted by atomic mass is 9.98. The van der Waals surface area contributed by atoms with Gasteiger partial charge in [0.1, 0.15) is 46.5 Å². The summed E-state index contributed by atoms with van der Waals surface area (Å²) in [7, 11) is 2.82. The highest BCUT2D eigenvalue weighted by atomic mass is 19.1. The van der Waals surface area contributed by atoms with E-state index in [9.17, 15) is 23.5 Å². The monoisotopic (exact) mass is 455 g/mol. The molecule has 7 nitrogen and oxygen atoms in total. The second kappa shape index (κ2) is 8.42. The minimum atomic E-state index is -1.30. The molecule has 1 fully saturated rings. The van der Waals surface area contributed by atoms with Crippen molar-refractivity contribution in [3.8, 4) is 11.5 Å². The summed E-state index contributed by atoms with van der Waals surface area (Å²) in [6.07, 6.45) is 0. The Kier molecular flexibility index (Phi) is 5.63. The van der Waals surface area contributed by atoms with E-state index >= 15 is 0 Å². The fraction of sp³-hybridized carbons (Fsp3) is 0.167. The van der Waals surface area contributed by atoms with Crippen LogP contribution in [0.1, 0.15) is 23.1 Å². The van der Waals surface area contributed by atoms with Crippen LogP contribution in [0.25, 0.3) is 5.76 Å². The number of aliphatic hydroxyl groups excluding tert-OH is 1. The highest BCUT2D eigenvalue weighted by Crippen LogP contribution is 2.44. The Morgan fingerprint density at radius 1 is 1.03 bits per heavy atom. The topological polar surface area (TPSA) is 89.2 Å². The number of Topliss-reactive ketones (excluding diaryl/α,β-unsaturated/α-hetero) is 1. The molecule has 2 heterocycles. The van der Waals surface area contributed by atoms with Crippen LogP contribution in [0.3, 0.4) is 0 Å². The first kappa shape index (κ1) is 22.1. The number of ketones is 1. The molecule has 1 N–H and O–H groups in total. The van der Waals surface area contributed by atoms with Crippen molar-refractivity contribution < 1.29 is 37.4 Å². The molecule has 1 aliphatic heterocycles. The zero-order valence-electron chi connectivity index (χ0n) is 17.9. The maximum atomic E-state index is 14.7. The highest BCUT2D eigenvalue weighted by molar-refractivity contribution is 6.51. The molecule has 0 spiro atoms. The van der Waals surface area contributed by atoms with E-state index in [-0.39, 0.29) is 28.3 Å². The predicted octanol–water partition coefficient (Wildman–Crippen LogP) is 4.51. The van der Waals surface area contributed by atoms with Crippen molar-refractivity contribution in [3.63, 3.8) is 0 Å². The SMILES string of the molecule is COc1ccc(/C(O)=C2/C(=O)C(=O)N(c3ccc(F)cc3F)C2c2ccc(C)o2)c(OC)c1. The van der Waals surface area contributed by atoms with Gasteiger partial charge in [0.2, 0.25) is 0 Å². The molecule has 0 radical (unpaired) electrons. The number of nitrogens with zero attached hydrogens (tertiary/aromatic N) is 1. The molecule has 0 aliphatic carbocycles. The molecular formula is C24H19F2NO6. The first-order valence-electron chi connectivity index (χ1n) is 9.81. The number of rotatable bonds is 5. The van der Waals surface area contributed by atoms with E-state index < -0.39 is 35.1 Å². The van der Waals surface area contributed by atoms with Gasteiger partial charge >= 0.3 is 0 Å². The molecule has 0 saturated carbocycles. The number of anilines is 1. The Labute approximate surface area is 187 Å². The summed E-state index contributed by atoms with van der Waals surface area (Å²) in [5.41, 5.74) is -0.552. The number of methoxy groups -OCH3 is 2. The molecule has 3 aromatic rings. The van der Waals surface area contributed by atoms with E-state index in [0.29, 0.717) is 17.6 Å². The maximum Gasteiger partial charge on any atom is 0.300 e. The summed E-state index contributed by atoms with van der Waals surface area (Å²) in [5.74, 6) is -3.40. The Balaban J connectivity index is 1.97. The first-order valence-corrected chi connectivity index (χ1v) is 9.81. The fourth-order valence-corrected chi connectivity index (χ4v) is 3.77. The largest absolute Gasteiger partial charge is 0.507 e. The summed E-state index contributed by atoms with van der Waals surface area (Å²) in [5, 5.41) is 11.2. The summed E-state index contributed by atoms with van der Waals surface area (Å²) in [4.78, 5) is 26.9. The summed E-state index contributed by atoms with van der Waals surface area (Å²) in [6, 6.07) is 8.93. The first-order chi connectivity index (χ1) is 15.8. The smallest absolute Gasteiger partial charge is 0.300 e. The number of benzene rings is 2. The average Bonchev–Trinajstić information content (AvgIpc) is 3.34. The molecule has 1 atom stereocenters. The molecule has 33 heavy (non-hydrogen) atoms. The summed E-state index contributed by atoms with van der Waals surface area (Å²) < 4.78 is 44.3. The van der Waals surface area contributed by atoms with E-state index in [1.165, 1.54) is 32.4 Å². The van der Waals surface area contributed by atoms with Gasteiger partial charge in [0.25, 0.3) is 11.7 Å². The Bertz CT molecular complexity index is 1300. The molecule has 2 aromatic carbocycles. The average molecular weight is 455 g/mol. The highest BCUT2D eigenvalue weighted by Gasteiger charge is 2.49. The molecular weight excluding hydrogens is 436 g/mol. The number of halogens is 2. The summed E-state index contributed by atoms with van der Waals surface area (Å²) >= 11 is 0. The van der Waals surface area contributed by atoms with E-state index in [0.717, 1.165) is 17.0 Å². The van der Waals surface area contributed by atoms with Crippen LogP contribution < -0.4 is 14.4 Å². The van der Waals surface area contributed by atoms with Gasteiger partial charge in [-0.1, -0.05) is 0 Å². The normalized spacial score (nSPS) is 17.5. The zero-order chi connectivity index (χ0) is 23.9. The van der Waals surface area contributed by atoms with Crippen LogP contribution in [0.2, 0.25) is 0 Å². The van der Waals surface area contributed by atoms with Crippen LogP contribution in [0, 0.1) is 18.6 Å². The Morgan fingerprint density at radius 3 is 2.39 bits per heavy atom. The van der Waals surface area contributed by atoms with Crippen molar-refractivity contribution in [2.24, 2.45) is 0 Å². The maximum absolute atomic E-state index is 14.7. The lowest BCUT2D eigenvalue weighted by Gasteiger charge is -2.24. The van der Waals surface area contributed by atoms with E-state index in [2.05, 4.69) is 0 Å². The number of hydrogen-bond acceptors (Lipinski definition) is 6. The van der Waals surface area contributed by atoms with E-state index in [1.54, 1.807) is 19.1 Å². The van der Waals surface area contributed by atoms with Gasteiger partial charge in [0, 0.05) is 12.1 Å². The lowest BCUT2D eigenvalue weighted by molar-refractivity contribution is -0.132. The van der Waals surface area contributed by atoms with Crippen molar-refractivity contribution in [2.75, 3.05) is 19.1 Å². The Hall–Kier alpha value is -4.14. The third-order valence-corrected chi connectivity index (χ3v) is 5.31. The molecule has 1 aromatic heterocycles. The number of furan rings is 1. The molecule has 1 aliphatic rings. The van der Waals surface area contributed by atoms with Crippen molar-refractivity contribution in [1.82, 2.24) is 0 Å². The van der Waals surface area contributed by atoms with Crippen LogP contribution in [-0.4, -0.2) is 31.0 Å². The minimum absolute atomic E-state index is 0.115. The van der Waals surface area contributed by atoms with Gasteiger partial charge in [-0.15, -0.1) is 0 Å². The van der Waals surface area contributed by atoms with Crippen LogP contribution >= 0.6 is 0 Å². The van der Waals surface area contributed by atoms with Gasteiger partial charge in [-0.05, 0) is 43.3 Å². The van der Waals surface area contributed by atoms with Gasteiger partial charge < -0.3 is 19.0 Å². The molecule has 1 unspecified atom stereocenters. The second-order valence-electron chi connectivity index (χ2n) is 7.28. The zero-order valence-corrected chi connectivity index (χ0v) is 17.9. The molecule has 1 amide bonds. The molecule has 1 saturated heterocycles. The molecule has 170 valence electrons. The number of carbonyl (C=O) groups is 2. The number of aliphatic hydroxyl groups is 1. The minimum Gasteiger partial charge on any atom is -0.507 e. The third kappa shape index (κ3) is 3.71. The van der Waals surface area contributed by atoms with Gasteiger partial charge in [0.05, 0.1) is 31.0 Å². The third-order valence-electron chi connectivity index (χ3n) is 5.31. The van der Waals surface area contributed by atoms with Crippen molar-refractivity contribution in [3.05, 3.63) is 82.8 Å². The molecule has 9 heteroatoms. The number of amides is 1. The second-order valence-corrected chi connectivity index (χ2v) is 7.28. The number of ether oxygens (including phenoxy) is 2. The van der Waals surface area contributed by atoms with Gasteiger partial charge in [-0.25, -0.2) is 8.78 Å². The number of hydrogen-bond donors (Lipinski definition) is 1. The van der Waals surface area contributed by atoms with Crippen LogP contribution in [0.5, 0.6) is 11.5 Å². The summed E-state index contributed by atoms with van der Waals surface area (Å²) in [6.45, 7) is 1.65. The lowest BCUT2D eigenvalue weighted by Crippen LogP contribution is -2.30. The quantitative estimate of drug-likeness (QED) is 0.346. The molecule has 0 bridgehead atoms. The van der Waals surface area contributed by atoms with Gasteiger partial charge in [-0.2, -0.15) is 0 Å². The van der Waals surface area contributed by atoms with Crippen LogP contribution in [0.4, 0.5) is 14.5 Å². The van der Waals surface area contributed by atoms with Crippen molar-refractivity contribution >= 4 is 23.1 Å². The van der Waals surface area contributed by atoms with Gasteiger partial charge in [0.15, 0.2) is 0 Å². The standard InChI is InChI=1S/C24H19F2NO6/c1-12-4-9-18(33-12)21-20(22(28)15-7-6-14(31-2)11-19(15)32-3)23(29)24(30)27(21)17-8-5-13(25)10-16(17)26/h4-11,21,28H,1-3H3/b22-20-. The Morgan fingerprint density at radius 2 is 1.79 bits per heavy atom. The van der Waals surface area contributed by atoms with Crippen molar-refractivity contribution in [2.45, 2.75) is 13.0 Å². The number of aryl methyl sites for hydroxylation is 1. The van der Waals surface area contributed by atoms with E-state index in [1.807, 2.05) is 0 Å². The van der Waals surface area contributed by atoms with E-state index in [4.69, 9.17) is 13.9 Å². The fourth-order valence-electron chi connectivity index (χ4n) is 3.77. The van der Waals surface area contributed by atoms with Crippen LogP contribution in [0.15, 0.2) is 58.5 Å². The van der Waals surface area contributed by atoms with Crippen molar-refractivity contribution in [1.29, 1.82) is 0 Å². The predicted molar refractivity (Wildman–Crippen MR) is 114 cm³/mol. The molecule has 4 rings (SSSR count). The van der Waals surface area contributed by atoms with Crippen LogP contribution in [-0.2, 0) is 9.59 Å². The van der Waals surface area contributed by atoms with Gasteiger partial charge in [-0.3, -0.25) is 14.5 Å². The number of carbonyl (C=O) groups excluding carboxylic acids is 2.